The summed E-state index contributed by atoms with van der Waals surface area (Å²) in [6, 6.07) is 21.4. The van der Waals surface area contributed by atoms with Crippen LogP contribution in [-0.4, -0.2) is 21.2 Å². The Morgan fingerprint density at radius 1 is 1.03 bits per heavy atom. The molecule has 0 unspecified atom stereocenters. The number of carbonyl (C=O) groups excluding carboxylic acids is 1. The topological polar surface area (TPSA) is 87.8 Å². The number of hydrogen-bond donors (Lipinski definition) is 1. The fourth-order valence-electron chi connectivity index (χ4n) is 4.14. The van der Waals surface area contributed by atoms with Gasteiger partial charge in [-0.1, -0.05) is 60.3 Å². The third-order valence-electron chi connectivity index (χ3n) is 6.03. The molecule has 0 spiro atoms. The van der Waals surface area contributed by atoms with Crippen LogP contribution < -0.4 is 10.9 Å². The highest BCUT2D eigenvalue weighted by molar-refractivity contribution is 7.99. The maximum absolute atomic E-state index is 14.0. The zero-order valence-electron chi connectivity index (χ0n) is 20.4. The maximum Gasteiger partial charge on any atom is 0.268 e. The Labute approximate surface area is 226 Å². The van der Waals surface area contributed by atoms with Crippen molar-refractivity contribution in [3.05, 3.63) is 91.9 Å². The van der Waals surface area contributed by atoms with Crippen LogP contribution in [0.3, 0.4) is 0 Å². The van der Waals surface area contributed by atoms with E-state index in [9.17, 15) is 14.9 Å². The first-order valence-corrected chi connectivity index (χ1v) is 14.1. The summed E-state index contributed by atoms with van der Waals surface area (Å²) in [5.41, 5.74) is 3.75. The number of para-hydroxylation sites is 1. The first-order chi connectivity index (χ1) is 17.9. The van der Waals surface area contributed by atoms with E-state index in [1.54, 1.807) is 4.57 Å². The molecule has 5 rings (SSSR count). The van der Waals surface area contributed by atoms with Crippen molar-refractivity contribution in [2.75, 3.05) is 11.1 Å². The van der Waals surface area contributed by atoms with Gasteiger partial charge in [0.1, 0.15) is 15.9 Å². The largest absolute Gasteiger partial charge is 0.316 e. The molecule has 0 atom stereocenters. The van der Waals surface area contributed by atoms with E-state index >= 15 is 0 Å². The fourth-order valence-corrected chi connectivity index (χ4v) is 7.07. The highest BCUT2D eigenvalue weighted by Crippen LogP contribution is 2.37. The molecule has 0 aliphatic rings. The highest BCUT2D eigenvalue weighted by Gasteiger charge is 2.22. The molecule has 0 aliphatic carbocycles. The molecule has 0 fully saturated rings. The number of aromatic nitrogens is 2. The molecule has 0 saturated heterocycles. The molecular weight excluding hydrogens is 521 g/mol. The lowest BCUT2D eigenvalue weighted by Gasteiger charge is -2.12. The van der Waals surface area contributed by atoms with E-state index in [1.165, 1.54) is 34.4 Å². The van der Waals surface area contributed by atoms with Crippen LogP contribution in [0.1, 0.15) is 20.9 Å². The summed E-state index contributed by atoms with van der Waals surface area (Å²) < 4.78 is 1.58. The van der Waals surface area contributed by atoms with E-state index in [-0.39, 0.29) is 17.2 Å². The average molecular weight is 543 g/mol. The summed E-state index contributed by atoms with van der Waals surface area (Å²) in [6.07, 6.45) is 0. The Kier molecular flexibility index (Phi) is 6.98. The van der Waals surface area contributed by atoms with Gasteiger partial charge in [-0.05, 0) is 44.0 Å². The molecule has 6 nitrogen and oxygen atoms in total. The van der Waals surface area contributed by atoms with Crippen molar-refractivity contribution in [2.45, 2.75) is 25.9 Å². The molecular formula is C28H22N4O2S3. The minimum Gasteiger partial charge on any atom is -0.316 e. The van der Waals surface area contributed by atoms with Crippen LogP contribution in [0.25, 0.3) is 27.0 Å². The maximum atomic E-state index is 14.0. The first-order valence-electron chi connectivity index (χ1n) is 11.5. The van der Waals surface area contributed by atoms with Gasteiger partial charge in [0, 0.05) is 15.3 Å². The number of nitrogens with one attached hydrogen (secondary N) is 1. The van der Waals surface area contributed by atoms with Gasteiger partial charge in [0.05, 0.1) is 22.4 Å². The molecule has 0 saturated carbocycles. The van der Waals surface area contributed by atoms with Crippen molar-refractivity contribution >= 4 is 55.6 Å². The minimum atomic E-state index is -0.260. The minimum absolute atomic E-state index is 0.0432. The Hall–Kier alpha value is -3.71. The van der Waals surface area contributed by atoms with Crippen LogP contribution in [0, 0.1) is 32.1 Å². The number of thiophene rings is 2. The number of amides is 1. The molecule has 9 heteroatoms. The number of nitrogens with zero attached hydrogens (tertiary/aromatic N) is 3. The van der Waals surface area contributed by atoms with Gasteiger partial charge < -0.3 is 5.32 Å². The normalized spacial score (nSPS) is 11.0. The lowest BCUT2D eigenvalue weighted by molar-refractivity contribution is -0.113. The van der Waals surface area contributed by atoms with Crippen LogP contribution in [0.2, 0.25) is 0 Å². The van der Waals surface area contributed by atoms with Crippen molar-refractivity contribution < 1.29 is 4.79 Å². The number of rotatable bonds is 6. The number of carbonyl (C=O) groups is 1. The van der Waals surface area contributed by atoms with Gasteiger partial charge in [-0.15, -0.1) is 22.7 Å². The van der Waals surface area contributed by atoms with Gasteiger partial charge in [0.15, 0.2) is 5.16 Å². The molecule has 37 heavy (non-hydrogen) atoms. The number of aryl methyl sites for hydroxylation is 2. The van der Waals surface area contributed by atoms with Crippen LogP contribution in [0.4, 0.5) is 5.00 Å². The Morgan fingerprint density at radius 3 is 2.38 bits per heavy atom. The van der Waals surface area contributed by atoms with Crippen molar-refractivity contribution in [3.8, 4) is 22.9 Å². The third kappa shape index (κ3) is 4.71. The average Bonchev–Trinajstić information content (AvgIpc) is 3.38. The Morgan fingerprint density at radius 2 is 1.70 bits per heavy atom. The van der Waals surface area contributed by atoms with Gasteiger partial charge in [0.25, 0.3) is 5.56 Å². The smallest absolute Gasteiger partial charge is 0.268 e. The van der Waals surface area contributed by atoms with E-state index in [0.717, 1.165) is 26.4 Å². The van der Waals surface area contributed by atoms with Gasteiger partial charge in [-0.25, -0.2) is 4.98 Å². The zero-order chi connectivity index (χ0) is 26.1. The number of benzene rings is 2. The molecule has 184 valence electrons. The van der Waals surface area contributed by atoms with E-state index in [1.807, 2.05) is 81.4 Å². The molecule has 5 aromatic rings. The third-order valence-corrected chi connectivity index (χ3v) is 9.09. The second-order valence-corrected chi connectivity index (χ2v) is 11.8. The molecule has 1 N–H and O–H groups in total. The molecule has 0 radical (unpaired) electrons. The monoisotopic (exact) mass is 542 g/mol. The summed E-state index contributed by atoms with van der Waals surface area (Å²) >= 11 is 4.07. The molecule has 3 aromatic heterocycles. The Bertz CT molecular complexity index is 1730. The summed E-state index contributed by atoms with van der Waals surface area (Å²) in [4.78, 5) is 34.4. The summed E-state index contributed by atoms with van der Waals surface area (Å²) in [6.45, 7) is 5.80. The quantitative estimate of drug-likeness (QED) is 0.190. The lowest BCUT2D eigenvalue weighted by Crippen LogP contribution is -2.22. The summed E-state index contributed by atoms with van der Waals surface area (Å²) in [7, 11) is 0. The second kappa shape index (κ2) is 10.3. The van der Waals surface area contributed by atoms with E-state index in [2.05, 4.69) is 11.4 Å². The number of hydrogen-bond acceptors (Lipinski definition) is 7. The van der Waals surface area contributed by atoms with Crippen LogP contribution in [0.15, 0.2) is 70.6 Å². The molecule has 0 bridgehead atoms. The predicted molar refractivity (Wildman–Crippen MR) is 153 cm³/mol. The van der Waals surface area contributed by atoms with Crippen molar-refractivity contribution in [1.82, 2.24) is 9.55 Å². The molecule has 1 amide bonds. The van der Waals surface area contributed by atoms with Crippen molar-refractivity contribution in [2.24, 2.45) is 0 Å². The van der Waals surface area contributed by atoms with Gasteiger partial charge in [0.2, 0.25) is 5.91 Å². The zero-order valence-corrected chi connectivity index (χ0v) is 22.8. The fraction of sp³-hybridized carbons (Fsp3) is 0.143. The van der Waals surface area contributed by atoms with Crippen molar-refractivity contribution in [1.29, 1.82) is 5.26 Å². The standard InChI is InChI=1S/C28H22N4O2S3/c1-16-17(2)36-25(21(16)14-29)30-22(33)15-35-28-31-26-24(27(34)32(28)20-12-8-5-9-13-20)23(18(3)37-26)19-10-6-4-7-11-19/h4-13H,15H2,1-3H3,(H,30,33). The van der Waals surface area contributed by atoms with E-state index < -0.39 is 0 Å². The molecule has 0 aliphatic heterocycles. The van der Waals surface area contributed by atoms with Crippen LogP contribution in [0.5, 0.6) is 0 Å². The number of thioether (sulfide) groups is 1. The number of fused-ring (bicyclic) bond motifs is 1. The predicted octanol–water partition coefficient (Wildman–Crippen LogP) is 6.70. The lowest BCUT2D eigenvalue weighted by atomic mass is 10.0. The first kappa shape index (κ1) is 25.0. The van der Waals surface area contributed by atoms with E-state index in [4.69, 9.17) is 4.98 Å². The number of nitriles is 1. The Balaban J connectivity index is 1.56. The van der Waals surface area contributed by atoms with Gasteiger partial charge >= 0.3 is 0 Å². The highest BCUT2D eigenvalue weighted by atomic mass is 32.2. The summed E-state index contributed by atoms with van der Waals surface area (Å²) in [5.74, 6) is -0.217. The molecule has 2 aromatic carbocycles. The van der Waals surface area contributed by atoms with Gasteiger partial charge in [-0.2, -0.15) is 5.26 Å². The summed E-state index contributed by atoms with van der Waals surface area (Å²) in [5, 5.41) is 13.9. The molecule has 3 heterocycles. The van der Waals surface area contributed by atoms with Gasteiger partial charge in [-0.3, -0.25) is 14.2 Å². The van der Waals surface area contributed by atoms with Crippen molar-refractivity contribution in [3.63, 3.8) is 0 Å². The van der Waals surface area contributed by atoms with E-state index in [0.29, 0.717) is 31.6 Å². The van der Waals surface area contributed by atoms with Crippen LogP contribution >= 0.6 is 34.4 Å². The SMILES string of the molecule is Cc1sc(NC(=O)CSc2nc3sc(C)c(-c4ccccc4)c3c(=O)n2-c2ccccc2)c(C#N)c1C. The second-order valence-electron chi connectivity index (χ2n) is 8.39. The number of anilines is 1. The van der Waals surface area contributed by atoms with Crippen LogP contribution in [-0.2, 0) is 4.79 Å².